The fraction of sp³-hybridized carbons (Fsp3) is 1.00. The summed E-state index contributed by atoms with van der Waals surface area (Å²) in [6.45, 7) is 7.06. The van der Waals surface area contributed by atoms with E-state index in [1.54, 1.807) is 0 Å². The number of hydrogen-bond donors (Lipinski definition) is 0. The highest BCUT2D eigenvalue weighted by atomic mass is 32.2. The van der Waals surface area contributed by atoms with Crippen molar-refractivity contribution in [1.29, 1.82) is 0 Å². The maximum atomic E-state index is 2.40. The third-order valence-electron chi connectivity index (χ3n) is 2.47. The lowest BCUT2D eigenvalue weighted by molar-refractivity contribution is 0.453. The van der Waals surface area contributed by atoms with Crippen LogP contribution in [-0.4, -0.2) is 10.5 Å². The molecule has 0 spiro atoms. The molecule has 1 heteroatoms. The summed E-state index contributed by atoms with van der Waals surface area (Å²) in [5, 5.41) is 0. The summed E-state index contributed by atoms with van der Waals surface area (Å²) in [6.07, 6.45) is 2.86. The summed E-state index contributed by atoms with van der Waals surface area (Å²) < 4.78 is 0.611. The molecular weight excluding hydrogens is 128 g/mol. The van der Waals surface area contributed by atoms with Crippen molar-refractivity contribution in [1.82, 2.24) is 0 Å². The largest absolute Gasteiger partial charge is 0.155 e. The van der Waals surface area contributed by atoms with Gasteiger partial charge in [-0.2, -0.15) is 11.8 Å². The van der Waals surface area contributed by atoms with E-state index < -0.39 is 0 Å². The van der Waals surface area contributed by atoms with Crippen LogP contribution in [0.1, 0.15) is 33.6 Å². The molecule has 0 aromatic carbocycles. The first kappa shape index (κ1) is 7.46. The molecule has 1 fully saturated rings. The van der Waals surface area contributed by atoms with Gasteiger partial charge in [0.25, 0.3) is 0 Å². The topological polar surface area (TPSA) is 0 Å². The molecule has 1 rings (SSSR count). The normalized spacial score (nSPS) is 36.0. The van der Waals surface area contributed by atoms with E-state index in [2.05, 4.69) is 32.5 Å². The van der Waals surface area contributed by atoms with Crippen molar-refractivity contribution in [3.8, 4) is 0 Å². The lowest BCUT2D eigenvalue weighted by Gasteiger charge is -2.26. The van der Waals surface area contributed by atoms with Crippen molar-refractivity contribution in [3.63, 3.8) is 0 Å². The minimum Gasteiger partial charge on any atom is -0.155 e. The Morgan fingerprint density at radius 1 is 1.44 bits per heavy atom. The van der Waals surface area contributed by atoms with Crippen LogP contribution < -0.4 is 0 Å². The van der Waals surface area contributed by atoms with E-state index in [0.717, 1.165) is 5.92 Å². The predicted octanol–water partition coefficient (Wildman–Crippen LogP) is 2.93. The summed E-state index contributed by atoms with van der Waals surface area (Å²) in [7, 11) is 0. The molecule has 0 aromatic rings. The van der Waals surface area contributed by atoms with Crippen LogP contribution in [0.25, 0.3) is 0 Å². The lowest BCUT2D eigenvalue weighted by Crippen LogP contribution is -2.23. The summed E-state index contributed by atoms with van der Waals surface area (Å²) in [6, 6.07) is 0. The molecule has 0 aliphatic carbocycles. The lowest BCUT2D eigenvalue weighted by atomic mass is 9.93. The van der Waals surface area contributed by atoms with E-state index in [0.29, 0.717) is 4.75 Å². The third-order valence-corrected chi connectivity index (χ3v) is 4.30. The van der Waals surface area contributed by atoms with Gasteiger partial charge in [-0.05, 0) is 24.5 Å². The first-order chi connectivity index (χ1) is 4.15. The van der Waals surface area contributed by atoms with E-state index in [1.807, 2.05) is 0 Å². The maximum Gasteiger partial charge on any atom is 0.0155 e. The minimum absolute atomic E-state index is 0.611. The monoisotopic (exact) mass is 144 g/mol. The Bertz CT molecular complexity index is 90.7. The number of hydrogen-bond acceptors (Lipinski definition) is 1. The van der Waals surface area contributed by atoms with E-state index in [1.165, 1.54) is 18.6 Å². The Labute approximate surface area is 62.4 Å². The Morgan fingerprint density at radius 2 is 2.11 bits per heavy atom. The SMILES string of the molecule is CC(C)C1(C)CCCS1. The average Bonchev–Trinajstić information content (AvgIpc) is 2.16. The standard InChI is InChI=1S/C8H16S/c1-7(2)8(3)5-4-6-9-8/h7H,4-6H2,1-3H3. The van der Waals surface area contributed by atoms with Crippen LogP contribution in [-0.2, 0) is 0 Å². The average molecular weight is 144 g/mol. The quantitative estimate of drug-likeness (QED) is 0.545. The van der Waals surface area contributed by atoms with Crippen LogP contribution in [0.2, 0.25) is 0 Å². The van der Waals surface area contributed by atoms with Gasteiger partial charge < -0.3 is 0 Å². The smallest absolute Gasteiger partial charge is 0.0155 e. The Hall–Kier alpha value is 0.350. The van der Waals surface area contributed by atoms with E-state index in [4.69, 9.17) is 0 Å². The fourth-order valence-corrected chi connectivity index (χ4v) is 2.63. The van der Waals surface area contributed by atoms with Gasteiger partial charge in [0.15, 0.2) is 0 Å². The molecule has 1 heterocycles. The highest BCUT2D eigenvalue weighted by Gasteiger charge is 2.32. The van der Waals surface area contributed by atoms with Crippen LogP contribution in [0, 0.1) is 5.92 Å². The van der Waals surface area contributed by atoms with Crippen molar-refractivity contribution < 1.29 is 0 Å². The molecule has 0 bridgehead atoms. The fourth-order valence-electron chi connectivity index (χ4n) is 1.26. The minimum atomic E-state index is 0.611. The molecule has 1 aliphatic rings. The Morgan fingerprint density at radius 3 is 2.33 bits per heavy atom. The number of thioether (sulfide) groups is 1. The van der Waals surface area contributed by atoms with E-state index in [9.17, 15) is 0 Å². The first-order valence-corrected chi connectivity index (χ1v) is 4.78. The second kappa shape index (κ2) is 2.53. The van der Waals surface area contributed by atoms with Crippen LogP contribution in [0.3, 0.4) is 0 Å². The second-order valence-corrected chi connectivity index (χ2v) is 5.05. The van der Waals surface area contributed by atoms with Gasteiger partial charge in [-0.3, -0.25) is 0 Å². The molecule has 1 aliphatic heterocycles. The van der Waals surface area contributed by atoms with Gasteiger partial charge in [0.05, 0.1) is 0 Å². The van der Waals surface area contributed by atoms with Crippen molar-refractivity contribution in [2.24, 2.45) is 5.92 Å². The third kappa shape index (κ3) is 1.43. The van der Waals surface area contributed by atoms with Gasteiger partial charge in [0.2, 0.25) is 0 Å². The molecule has 0 radical (unpaired) electrons. The van der Waals surface area contributed by atoms with Gasteiger partial charge in [-0.25, -0.2) is 0 Å². The zero-order chi connectivity index (χ0) is 6.91. The van der Waals surface area contributed by atoms with Gasteiger partial charge >= 0.3 is 0 Å². The molecule has 0 amide bonds. The van der Waals surface area contributed by atoms with Gasteiger partial charge in [-0.1, -0.05) is 20.8 Å². The van der Waals surface area contributed by atoms with Crippen LogP contribution in [0.5, 0.6) is 0 Å². The van der Waals surface area contributed by atoms with Gasteiger partial charge in [0, 0.05) is 4.75 Å². The predicted molar refractivity (Wildman–Crippen MR) is 44.9 cm³/mol. The van der Waals surface area contributed by atoms with Crippen molar-refractivity contribution >= 4 is 11.8 Å². The van der Waals surface area contributed by atoms with E-state index >= 15 is 0 Å². The van der Waals surface area contributed by atoms with E-state index in [-0.39, 0.29) is 0 Å². The zero-order valence-corrected chi connectivity index (χ0v) is 7.42. The summed E-state index contributed by atoms with van der Waals surface area (Å²) in [5.41, 5.74) is 0. The molecule has 0 N–H and O–H groups in total. The highest BCUT2D eigenvalue weighted by Crippen LogP contribution is 2.42. The molecule has 1 saturated heterocycles. The molecule has 0 nitrogen and oxygen atoms in total. The zero-order valence-electron chi connectivity index (χ0n) is 6.61. The Balaban J connectivity index is 2.51. The highest BCUT2D eigenvalue weighted by molar-refractivity contribution is 8.00. The number of rotatable bonds is 1. The van der Waals surface area contributed by atoms with Gasteiger partial charge in [0.1, 0.15) is 0 Å². The molecular formula is C8H16S. The molecule has 9 heavy (non-hydrogen) atoms. The first-order valence-electron chi connectivity index (χ1n) is 3.79. The Kier molecular flexibility index (Phi) is 2.10. The molecule has 54 valence electrons. The summed E-state index contributed by atoms with van der Waals surface area (Å²) in [5.74, 6) is 2.24. The van der Waals surface area contributed by atoms with Crippen molar-refractivity contribution in [3.05, 3.63) is 0 Å². The summed E-state index contributed by atoms with van der Waals surface area (Å²) in [4.78, 5) is 0. The second-order valence-electron chi connectivity index (χ2n) is 3.42. The molecule has 1 unspecified atom stereocenters. The van der Waals surface area contributed by atoms with Gasteiger partial charge in [-0.15, -0.1) is 0 Å². The maximum absolute atomic E-state index is 2.40. The van der Waals surface area contributed by atoms with Crippen LogP contribution in [0.15, 0.2) is 0 Å². The van der Waals surface area contributed by atoms with Crippen molar-refractivity contribution in [2.75, 3.05) is 5.75 Å². The molecule has 0 aromatic heterocycles. The van der Waals surface area contributed by atoms with Crippen molar-refractivity contribution in [2.45, 2.75) is 38.4 Å². The molecule has 1 atom stereocenters. The van der Waals surface area contributed by atoms with Crippen LogP contribution >= 0.6 is 11.8 Å². The molecule has 0 saturated carbocycles. The van der Waals surface area contributed by atoms with Crippen LogP contribution in [0.4, 0.5) is 0 Å². The summed E-state index contributed by atoms with van der Waals surface area (Å²) >= 11 is 2.15.